The van der Waals surface area contributed by atoms with Crippen LogP contribution in [0.25, 0.3) is 0 Å². The average Bonchev–Trinajstić information content (AvgIpc) is 2.32. The number of halogens is 1. The van der Waals surface area contributed by atoms with Gasteiger partial charge in [-0.2, -0.15) is 11.8 Å². The van der Waals surface area contributed by atoms with Crippen LogP contribution in [0.1, 0.15) is 25.8 Å². The van der Waals surface area contributed by atoms with Gasteiger partial charge in [0.1, 0.15) is 0 Å². The molecule has 96 valence electrons. The molecule has 1 N–H and O–H groups in total. The Morgan fingerprint density at radius 1 is 1.35 bits per heavy atom. The highest BCUT2D eigenvalue weighted by atomic mass is 35.5. The predicted molar refractivity (Wildman–Crippen MR) is 80.2 cm³/mol. The zero-order valence-electron chi connectivity index (χ0n) is 10.7. The summed E-state index contributed by atoms with van der Waals surface area (Å²) in [5.41, 5.74) is 1.32. The lowest BCUT2D eigenvalue weighted by atomic mass is 10.1. The Kier molecular flexibility index (Phi) is 7.74. The molecule has 0 aromatic heterocycles. The van der Waals surface area contributed by atoms with E-state index in [0.29, 0.717) is 6.04 Å². The van der Waals surface area contributed by atoms with Crippen molar-refractivity contribution in [3.63, 3.8) is 0 Å². The molecular formula is C14H22ClNS. The van der Waals surface area contributed by atoms with Gasteiger partial charge in [0.25, 0.3) is 0 Å². The van der Waals surface area contributed by atoms with Crippen molar-refractivity contribution in [1.82, 2.24) is 5.32 Å². The van der Waals surface area contributed by atoms with Gasteiger partial charge in [0.15, 0.2) is 0 Å². The highest BCUT2D eigenvalue weighted by Crippen LogP contribution is 2.14. The van der Waals surface area contributed by atoms with Crippen LogP contribution in [-0.2, 0) is 6.42 Å². The Hall–Kier alpha value is -0.180. The van der Waals surface area contributed by atoms with Crippen molar-refractivity contribution in [1.29, 1.82) is 0 Å². The molecule has 0 aliphatic heterocycles. The minimum absolute atomic E-state index is 0.554. The Labute approximate surface area is 114 Å². The summed E-state index contributed by atoms with van der Waals surface area (Å²) in [7, 11) is 0. The minimum Gasteiger partial charge on any atom is -0.313 e. The second-order valence-electron chi connectivity index (χ2n) is 4.14. The van der Waals surface area contributed by atoms with Gasteiger partial charge < -0.3 is 5.32 Å². The van der Waals surface area contributed by atoms with Crippen LogP contribution in [0, 0.1) is 0 Å². The number of nitrogens with one attached hydrogen (secondary N) is 1. The third kappa shape index (κ3) is 6.35. The number of benzene rings is 1. The van der Waals surface area contributed by atoms with Crippen molar-refractivity contribution < 1.29 is 0 Å². The van der Waals surface area contributed by atoms with Gasteiger partial charge in [-0.3, -0.25) is 0 Å². The first kappa shape index (κ1) is 14.9. The number of rotatable bonds is 8. The van der Waals surface area contributed by atoms with Gasteiger partial charge in [-0.15, -0.1) is 0 Å². The molecule has 1 atom stereocenters. The smallest absolute Gasteiger partial charge is 0.0408 e. The molecule has 0 saturated carbocycles. The van der Waals surface area contributed by atoms with Crippen molar-refractivity contribution in [3.05, 3.63) is 34.9 Å². The maximum Gasteiger partial charge on any atom is 0.0408 e. The second-order valence-corrected chi connectivity index (χ2v) is 5.90. The largest absolute Gasteiger partial charge is 0.313 e. The molecule has 1 nitrogen and oxygen atoms in total. The molecule has 0 heterocycles. The van der Waals surface area contributed by atoms with Gasteiger partial charge in [-0.25, -0.2) is 0 Å². The summed E-state index contributed by atoms with van der Waals surface area (Å²) in [4.78, 5) is 0. The van der Waals surface area contributed by atoms with Gasteiger partial charge in [0.05, 0.1) is 0 Å². The monoisotopic (exact) mass is 271 g/mol. The van der Waals surface area contributed by atoms with Crippen LogP contribution in [0.5, 0.6) is 0 Å². The van der Waals surface area contributed by atoms with Gasteiger partial charge in [-0.05, 0) is 42.8 Å². The van der Waals surface area contributed by atoms with E-state index in [1.54, 1.807) is 0 Å². The summed E-state index contributed by atoms with van der Waals surface area (Å²) in [5.74, 6) is 2.35. The van der Waals surface area contributed by atoms with Crippen molar-refractivity contribution >= 4 is 23.4 Å². The van der Waals surface area contributed by atoms with E-state index < -0.39 is 0 Å². The van der Waals surface area contributed by atoms with Gasteiger partial charge in [0.2, 0.25) is 0 Å². The fourth-order valence-corrected chi connectivity index (χ4v) is 2.72. The lowest BCUT2D eigenvalue weighted by Crippen LogP contribution is -2.34. The van der Waals surface area contributed by atoms with Crippen molar-refractivity contribution in [2.24, 2.45) is 0 Å². The Morgan fingerprint density at radius 2 is 2.18 bits per heavy atom. The molecule has 3 heteroatoms. The van der Waals surface area contributed by atoms with Crippen molar-refractivity contribution in [2.75, 3.05) is 18.1 Å². The van der Waals surface area contributed by atoms with E-state index in [9.17, 15) is 0 Å². The molecule has 1 aromatic carbocycles. The van der Waals surface area contributed by atoms with Crippen molar-refractivity contribution in [2.45, 2.75) is 32.7 Å². The van der Waals surface area contributed by atoms with E-state index >= 15 is 0 Å². The van der Waals surface area contributed by atoms with E-state index in [4.69, 9.17) is 11.6 Å². The molecule has 1 unspecified atom stereocenters. The fourth-order valence-electron chi connectivity index (χ4n) is 1.75. The van der Waals surface area contributed by atoms with E-state index in [1.807, 2.05) is 23.9 Å². The molecule has 0 bridgehead atoms. The van der Waals surface area contributed by atoms with Crippen LogP contribution in [0.4, 0.5) is 0 Å². The summed E-state index contributed by atoms with van der Waals surface area (Å²) >= 11 is 8.01. The zero-order chi connectivity index (χ0) is 12.5. The molecule has 0 fully saturated rings. The summed E-state index contributed by atoms with van der Waals surface area (Å²) in [6.45, 7) is 5.51. The van der Waals surface area contributed by atoms with Gasteiger partial charge >= 0.3 is 0 Å². The normalized spacial score (nSPS) is 12.6. The zero-order valence-corrected chi connectivity index (χ0v) is 12.3. The van der Waals surface area contributed by atoms with Crippen LogP contribution in [0.15, 0.2) is 24.3 Å². The molecule has 0 saturated heterocycles. The first-order valence-electron chi connectivity index (χ1n) is 6.31. The van der Waals surface area contributed by atoms with Crippen LogP contribution in [-0.4, -0.2) is 24.1 Å². The average molecular weight is 272 g/mol. The van der Waals surface area contributed by atoms with Crippen LogP contribution in [0.3, 0.4) is 0 Å². The summed E-state index contributed by atoms with van der Waals surface area (Å²) in [5, 5.41) is 4.44. The molecule has 0 radical (unpaired) electrons. The Bertz CT molecular complexity index is 309. The lowest BCUT2D eigenvalue weighted by molar-refractivity contribution is 0.550. The number of hydrogen-bond donors (Lipinski definition) is 1. The van der Waals surface area contributed by atoms with E-state index in [1.165, 1.54) is 23.5 Å². The summed E-state index contributed by atoms with van der Waals surface area (Å²) < 4.78 is 0. The van der Waals surface area contributed by atoms with Gasteiger partial charge in [-0.1, -0.05) is 37.6 Å². The van der Waals surface area contributed by atoms with Crippen LogP contribution < -0.4 is 5.32 Å². The maximum absolute atomic E-state index is 6.01. The predicted octanol–water partition coefficient (Wildman–Crippen LogP) is 4.00. The molecule has 1 rings (SSSR count). The third-order valence-corrected chi connectivity index (χ3v) is 3.86. The van der Waals surface area contributed by atoms with Crippen molar-refractivity contribution in [3.8, 4) is 0 Å². The molecule has 0 aliphatic rings. The highest BCUT2D eigenvalue weighted by molar-refractivity contribution is 7.99. The molecule has 17 heavy (non-hydrogen) atoms. The van der Waals surface area contributed by atoms with Gasteiger partial charge in [0, 0.05) is 16.8 Å². The Morgan fingerprint density at radius 3 is 2.82 bits per heavy atom. The molecule has 0 amide bonds. The maximum atomic E-state index is 6.01. The molecule has 0 aliphatic carbocycles. The minimum atomic E-state index is 0.554. The number of thioether (sulfide) groups is 1. The first-order valence-corrected chi connectivity index (χ1v) is 7.85. The van der Waals surface area contributed by atoms with Crippen LogP contribution in [0.2, 0.25) is 5.02 Å². The summed E-state index contributed by atoms with van der Waals surface area (Å²) in [6.07, 6.45) is 2.25. The standard InChI is InChI=1S/C14H22ClNS/c1-3-8-16-14(11-17-4-2)10-12-6-5-7-13(15)9-12/h5-7,9,14,16H,3-4,8,10-11H2,1-2H3. The SMILES string of the molecule is CCCNC(CSCC)Cc1cccc(Cl)c1. The fraction of sp³-hybridized carbons (Fsp3) is 0.571. The van der Waals surface area contributed by atoms with E-state index in [-0.39, 0.29) is 0 Å². The van der Waals surface area contributed by atoms with Crippen LogP contribution >= 0.6 is 23.4 Å². The highest BCUT2D eigenvalue weighted by Gasteiger charge is 2.08. The summed E-state index contributed by atoms with van der Waals surface area (Å²) in [6, 6.07) is 8.74. The Balaban J connectivity index is 2.51. The van der Waals surface area contributed by atoms with E-state index in [2.05, 4.69) is 31.3 Å². The lowest BCUT2D eigenvalue weighted by Gasteiger charge is -2.18. The quantitative estimate of drug-likeness (QED) is 0.767. The second kappa shape index (κ2) is 8.84. The number of hydrogen-bond acceptors (Lipinski definition) is 2. The first-order chi connectivity index (χ1) is 8.26. The van der Waals surface area contributed by atoms with E-state index in [0.717, 1.165) is 18.0 Å². The molecular weight excluding hydrogens is 250 g/mol. The topological polar surface area (TPSA) is 12.0 Å². The molecule has 1 aromatic rings. The third-order valence-electron chi connectivity index (χ3n) is 2.58. The molecule has 0 spiro atoms.